The van der Waals surface area contributed by atoms with Crippen LogP contribution in [0.3, 0.4) is 0 Å². The van der Waals surface area contributed by atoms with Crippen LogP contribution in [0.5, 0.6) is 0 Å². The van der Waals surface area contributed by atoms with Crippen LogP contribution < -0.4 is 21.3 Å². The van der Waals surface area contributed by atoms with Gasteiger partial charge in [0.15, 0.2) is 17.1 Å². The van der Waals surface area contributed by atoms with Crippen molar-refractivity contribution in [3.05, 3.63) is 71.8 Å². The average Bonchev–Trinajstić information content (AvgIpc) is 3.94. The molecular weight excluding hydrogens is 683 g/mol. The van der Waals surface area contributed by atoms with E-state index in [0.29, 0.717) is 47.8 Å². The number of carbonyl (C=O) groups is 3. The first-order valence-electron chi connectivity index (χ1n) is 19.6. The van der Waals surface area contributed by atoms with Crippen molar-refractivity contribution in [2.24, 2.45) is 11.7 Å². The number of carbonyl (C=O) groups excluding carboxylic acids is 3. The highest BCUT2D eigenvalue weighted by molar-refractivity contribution is 6.09. The lowest BCUT2D eigenvalue weighted by Crippen LogP contribution is -2.39. The molecule has 280 valence electrons. The lowest BCUT2D eigenvalue weighted by molar-refractivity contribution is -0.134. The number of amides is 3. The van der Waals surface area contributed by atoms with Crippen molar-refractivity contribution < 1.29 is 18.9 Å². The van der Waals surface area contributed by atoms with Crippen LogP contribution in [-0.4, -0.2) is 75.0 Å². The number of hydrogen-bond acceptors (Lipinski definition) is 10. The van der Waals surface area contributed by atoms with Gasteiger partial charge in [-0.2, -0.15) is 0 Å². The second-order valence-electron chi connectivity index (χ2n) is 15.7. The maximum Gasteiger partial charge on any atom is 0.271 e. The van der Waals surface area contributed by atoms with Crippen molar-refractivity contribution in [2.75, 3.05) is 42.9 Å². The summed E-state index contributed by atoms with van der Waals surface area (Å²) in [5.41, 5.74) is 10.4. The zero-order chi connectivity index (χ0) is 36.8. The molecule has 3 atom stereocenters. The molecule has 1 saturated carbocycles. The van der Waals surface area contributed by atoms with Gasteiger partial charge in [0.05, 0.1) is 17.5 Å². The number of hydrogen-bond donors (Lipinski definition) is 3. The zero-order valence-corrected chi connectivity index (χ0v) is 30.5. The third-order valence-corrected chi connectivity index (χ3v) is 12.3. The lowest BCUT2D eigenvalue weighted by atomic mass is 9.89. The predicted molar refractivity (Wildman–Crippen MR) is 206 cm³/mol. The van der Waals surface area contributed by atoms with E-state index in [2.05, 4.69) is 77.7 Å². The van der Waals surface area contributed by atoms with E-state index >= 15 is 0 Å². The van der Waals surface area contributed by atoms with Crippen molar-refractivity contribution in [2.45, 2.75) is 82.1 Å². The molecule has 6 heterocycles. The van der Waals surface area contributed by atoms with Crippen LogP contribution in [0.4, 0.5) is 17.3 Å². The molecule has 1 aliphatic carbocycles. The number of likely N-dealkylation sites (tertiary alicyclic amines) is 1. The number of aromatic nitrogens is 4. The van der Waals surface area contributed by atoms with E-state index in [1.165, 1.54) is 18.4 Å². The van der Waals surface area contributed by atoms with Gasteiger partial charge in [-0.15, -0.1) is 0 Å². The smallest absolute Gasteiger partial charge is 0.271 e. The maximum absolute atomic E-state index is 12.7. The van der Waals surface area contributed by atoms with Crippen LogP contribution in [0.1, 0.15) is 104 Å². The molecule has 13 nitrogen and oxygen atoms in total. The summed E-state index contributed by atoms with van der Waals surface area (Å²) in [6.45, 7) is 5.19. The summed E-state index contributed by atoms with van der Waals surface area (Å²) in [5, 5.41) is 12.0. The molecule has 4 fully saturated rings. The number of nitrogens with two attached hydrogens (primary N) is 1. The Hall–Kier alpha value is -5.30. The maximum atomic E-state index is 12.7. The minimum Gasteiger partial charge on any atom is -0.364 e. The Bertz CT molecular complexity index is 2200. The van der Waals surface area contributed by atoms with Gasteiger partial charge in [-0.1, -0.05) is 17.3 Å². The van der Waals surface area contributed by atoms with Crippen molar-refractivity contribution in [3.8, 4) is 0 Å². The molecule has 0 spiro atoms. The SMILES string of the molecule is NC(=O)c1ncc(N2CCCCC2)nc1Nc1ccc(C2CCN(CC3CCC(n4ccc5c6c(C7CCC(=O)NC7=O)noc6ccc54)C3)CC2)cc1. The molecule has 0 bridgehead atoms. The first-order valence-corrected chi connectivity index (χ1v) is 19.6. The Morgan fingerprint density at radius 3 is 2.54 bits per heavy atom. The van der Waals surface area contributed by atoms with Crippen molar-refractivity contribution in [1.82, 2.24) is 29.9 Å². The summed E-state index contributed by atoms with van der Waals surface area (Å²) in [6.07, 6.45) is 13.8. The van der Waals surface area contributed by atoms with Crippen LogP contribution in [0.2, 0.25) is 0 Å². The van der Waals surface area contributed by atoms with Gasteiger partial charge < -0.3 is 29.9 Å². The number of benzene rings is 2. The molecule has 13 heteroatoms. The summed E-state index contributed by atoms with van der Waals surface area (Å²) in [6, 6.07) is 15.1. The number of nitrogens with one attached hydrogen (secondary N) is 2. The van der Waals surface area contributed by atoms with Gasteiger partial charge in [-0.05, 0) is 119 Å². The zero-order valence-electron chi connectivity index (χ0n) is 30.5. The predicted octanol–water partition coefficient (Wildman–Crippen LogP) is 6.15. The van der Waals surface area contributed by atoms with E-state index in [-0.39, 0.29) is 17.5 Å². The van der Waals surface area contributed by atoms with Crippen LogP contribution in [-0.2, 0) is 9.59 Å². The molecule has 4 aliphatic rings. The fraction of sp³-hybridized carbons (Fsp3) is 0.463. The van der Waals surface area contributed by atoms with Gasteiger partial charge in [0.25, 0.3) is 5.91 Å². The molecular formula is C41H47N9O4. The molecule has 2 aromatic carbocycles. The molecule has 3 aliphatic heterocycles. The summed E-state index contributed by atoms with van der Waals surface area (Å²) in [7, 11) is 0. The molecule has 3 aromatic heterocycles. The molecule has 5 aromatic rings. The normalized spacial score (nSPS) is 23.0. The van der Waals surface area contributed by atoms with Crippen LogP contribution in [0.15, 0.2) is 59.4 Å². The number of fused-ring (bicyclic) bond motifs is 3. The minimum atomic E-state index is -0.596. The molecule has 54 heavy (non-hydrogen) atoms. The Balaban J connectivity index is 0.804. The van der Waals surface area contributed by atoms with Crippen molar-refractivity contribution in [1.29, 1.82) is 0 Å². The molecule has 3 amide bonds. The summed E-state index contributed by atoms with van der Waals surface area (Å²) in [4.78, 5) is 50.6. The van der Waals surface area contributed by atoms with Crippen LogP contribution in [0, 0.1) is 5.92 Å². The van der Waals surface area contributed by atoms with Gasteiger partial charge in [0.1, 0.15) is 11.5 Å². The molecule has 0 radical (unpaired) electrons. The molecule has 9 rings (SSSR count). The summed E-state index contributed by atoms with van der Waals surface area (Å²) < 4.78 is 8.07. The van der Waals surface area contributed by atoms with E-state index in [9.17, 15) is 14.4 Å². The molecule has 4 N–H and O–H groups in total. The average molecular weight is 730 g/mol. The Labute approximate surface area is 313 Å². The monoisotopic (exact) mass is 729 g/mol. The second-order valence-corrected chi connectivity index (χ2v) is 15.7. The quantitative estimate of drug-likeness (QED) is 0.150. The fourth-order valence-electron chi connectivity index (χ4n) is 9.39. The van der Waals surface area contributed by atoms with E-state index in [1.807, 2.05) is 6.07 Å². The standard InChI is InChI=1S/C41H47N9O4/c42-39(52)38-40(45-34(23-43-38)49-17-2-1-3-18-49)44-28-7-5-26(6-8-28)27-14-19-48(20-15-27)24-25-4-9-29(22-25)50-21-16-30-32(50)11-12-33-36(30)37(47-54-33)31-10-13-35(51)46-41(31)53/h5-8,11-12,16,21,23,25,27,29,31H,1-4,9-10,13-15,17-20,22,24H2,(H2,42,52)(H,44,45)(H,46,51,53). The van der Waals surface area contributed by atoms with Gasteiger partial charge in [0.2, 0.25) is 11.8 Å². The largest absolute Gasteiger partial charge is 0.364 e. The third kappa shape index (κ3) is 6.69. The van der Waals surface area contributed by atoms with E-state index in [0.717, 1.165) is 99.0 Å². The number of imide groups is 1. The van der Waals surface area contributed by atoms with Gasteiger partial charge in [0, 0.05) is 54.9 Å². The first-order chi connectivity index (χ1) is 26.4. The number of piperidine rings is 3. The van der Waals surface area contributed by atoms with E-state index < -0.39 is 11.8 Å². The Kier molecular flexibility index (Phi) is 9.26. The Morgan fingerprint density at radius 1 is 0.944 bits per heavy atom. The van der Waals surface area contributed by atoms with Crippen molar-refractivity contribution in [3.63, 3.8) is 0 Å². The highest BCUT2D eigenvalue weighted by Crippen LogP contribution is 2.41. The summed E-state index contributed by atoms with van der Waals surface area (Å²) >= 11 is 0. The van der Waals surface area contributed by atoms with Crippen molar-refractivity contribution >= 4 is 56.9 Å². The third-order valence-electron chi connectivity index (χ3n) is 12.3. The highest BCUT2D eigenvalue weighted by Gasteiger charge is 2.34. The van der Waals surface area contributed by atoms with E-state index in [4.69, 9.17) is 15.2 Å². The summed E-state index contributed by atoms with van der Waals surface area (Å²) in [5.74, 6) is 0.720. The minimum absolute atomic E-state index is 0.149. The fourth-order valence-corrected chi connectivity index (χ4v) is 9.39. The van der Waals surface area contributed by atoms with Crippen LogP contribution >= 0.6 is 0 Å². The topological polar surface area (TPSA) is 165 Å². The second kappa shape index (κ2) is 14.5. The Morgan fingerprint density at radius 2 is 1.76 bits per heavy atom. The van der Waals surface area contributed by atoms with Gasteiger partial charge in [-0.3, -0.25) is 19.7 Å². The van der Waals surface area contributed by atoms with E-state index in [1.54, 1.807) is 6.20 Å². The lowest BCUT2D eigenvalue weighted by Gasteiger charge is -2.34. The number of anilines is 3. The van der Waals surface area contributed by atoms with Crippen LogP contribution in [0.25, 0.3) is 21.9 Å². The van der Waals surface area contributed by atoms with Gasteiger partial charge >= 0.3 is 0 Å². The number of rotatable bonds is 9. The molecule has 3 saturated heterocycles. The number of nitrogens with zero attached hydrogens (tertiary/aromatic N) is 6. The highest BCUT2D eigenvalue weighted by atomic mass is 16.5. The molecule has 3 unspecified atom stereocenters. The number of primary amides is 1. The van der Waals surface area contributed by atoms with Gasteiger partial charge in [-0.25, -0.2) is 9.97 Å². The first kappa shape index (κ1) is 34.5.